The largest absolute Gasteiger partial charge is 0.466 e. The molecule has 0 aliphatic carbocycles. The van der Waals surface area contributed by atoms with Gasteiger partial charge in [0.05, 0.1) is 25.4 Å². The van der Waals surface area contributed by atoms with Crippen LogP contribution in [-0.2, 0) is 14.3 Å². The molecule has 0 aromatic heterocycles. The van der Waals surface area contributed by atoms with Crippen LogP contribution < -0.4 is 5.32 Å². The lowest BCUT2D eigenvalue weighted by Crippen LogP contribution is -2.45. The second-order valence-electron chi connectivity index (χ2n) is 21.4. The number of hydrogen-bond acceptors (Lipinski definition) is 5. The van der Waals surface area contributed by atoms with Crippen molar-refractivity contribution in [1.82, 2.24) is 5.32 Å². The van der Waals surface area contributed by atoms with Crippen molar-refractivity contribution >= 4 is 11.9 Å². The van der Waals surface area contributed by atoms with Gasteiger partial charge in [-0.15, -0.1) is 0 Å². The number of nitrogens with one attached hydrogen (secondary N) is 1. The second kappa shape index (κ2) is 59.6. The standard InChI is InChI=1S/C64H121NO5/c1-3-5-7-9-11-13-15-17-18-31-34-38-42-46-50-54-58-64(69)70-59-55-51-47-43-39-35-32-29-27-25-23-21-19-20-22-24-26-28-30-33-37-41-45-49-53-57-63(68)65-61(60-66)62(67)56-52-48-44-40-36-16-14-12-10-8-6-4-2/h13,15,18,31,52,56,61-62,66-67H,3-12,14,16-17,19-30,32-51,53-55,57-60H2,1-2H3,(H,65,68)/b15-13-,31-18-,56-52+. The number of amides is 1. The Labute approximate surface area is 436 Å². The van der Waals surface area contributed by atoms with Crippen LogP contribution in [0.3, 0.4) is 0 Å². The summed E-state index contributed by atoms with van der Waals surface area (Å²) in [5, 5.41) is 23.1. The number of rotatable bonds is 58. The van der Waals surface area contributed by atoms with Gasteiger partial charge in [0.1, 0.15) is 0 Å². The van der Waals surface area contributed by atoms with Gasteiger partial charge >= 0.3 is 5.97 Å². The van der Waals surface area contributed by atoms with Crippen molar-refractivity contribution in [3.05, 3.63) is 36.5 Å². The summed E-state index contributed by atoms with van der Waals surface area (Å²) in [5.74, 6) is -0.0641. The van der Waals surface area contributed by atoms with Gasteiger partial charge in [0.15, 0.2) is 0 Å². The van der Waals surface area contributed by atoms with Crippen LogP contribution in [0.25, 0.3) is 0 Å². The van der Waals surface area contributed by atoms with Crippen molar-refractivity contribution in [3.63, 3.8) is 0 Å². The molecule has 0 heterocycles. The number of allylic oxidation sites excluding steroid dienone is 5. The molecule has 70 heavy (non-hydrogen) atoms. The van der Waals surface area contributed by atoms with Gasteiger partial charge < -0.3 is 20.3 Å². The number of aliphatic hydroxyl groups excluding tert-OH is 2. The molecule has 0 saturated heterocycles. The summed E-state index contributed by atoms with van der Waals surface area (Å²) in [4.78, 5) is 24.5. The van der Waals surface area contributed by atoms with Gasteiger partial charge in [-0.05, 0) is 64.2 Å². The number of ether oxygens (including phenoxy) is 1. The molecular weight excluding hydrogens is 863 g/mol. The minimum Gasteiger partial charge on any atom is -0.466 e. The lowest BCUT2D eigenvalue weighted by molar-refractivity contribution is -0.143. The highest BCUT2D eigenvalue weighted by atomic mass is 16.5. The molecule has 0 fully saturated rings. The fourth-order valence-corrected chi connectivity index (χ4v) is 9.61. The molecule has 0 aliphatic heterocycles. The fraction of sp³-hybridized carbons (Fsp3) is 0.875. The molecule has 0 aromatic rings. The molecule has 0 bridgehead atoms. The van der Waals surface area contributed by atoms with Crippen LogP contribution in [0.4, 0.5) is 0 Å². The molecule has 6 nitrogen and oxygen atoms in total. The minimum absolute atomic E-state index is 0.00240. The molecule has 2 unspecified atom stereocenters. The first-order chi connectivity index (χ1) is 34.5. The maximum Gasteiger partial charge on any atom is 0.305 e. The average Bonchev–Trinajstić information content (AvgIpc) is 3.36. The van der Waals surface area contributed by atoms with E-state index < -0.39 is 12.1 Å². The first kappa shape index (κ1) is 68.1. The molecular formula is C64H121NO5. The van der Waals surface area contributed by atoms with Crippen molar-refractivity contribution in [1.29, 1.82) is 0 Å². The van der Waals surface area contributed by atoms with Crippen LogP contribution in [0.15, 0.2) is 36.5 Å². The highest BCUT2D eigenvalue weighted by Crippen LogP contribution is 2.17. The summed E-state index contributed by atoms with van der Waals surface area (Å²) in [6, 6.07) is -0.626. The molecule has 0 saturated carbocycles. The van der Waals surface area contributed by atoms with Gasteiger partial charge in [0.2, 0.25) is 5.91 Å². The van der Waals surface area contributed by atoms with E-state index in [1.807, 2.05) is 6.08 Å². The van der Waals surface area contributed by atoms with Gasteiger partial charge in [-0.3, -0.25) is 9.59 Å². The van der Waals surface area contributed by atoms with E-state index in [2.05, 4.69) is 43.5 Å². The van der Waals surface area contributed by atoms with Crippen LogP contribution >= 0.6 is 0 Å². The number of carbonyl (C=O) groups excluding carboxylic acids is 2. The van der Waals surface area contributed by atoms with Crippen LogP contribution in [-0.4, -0.2) is 47.4 Å². The van der Waals surface area contributed by atoms with E-state index in [9.17, 15) is 19.8 Å². The lowest BCUT2D eigenvalue weighted by atomic mass is 10.0. The summed E-state index contributed by atoms with van der Waals surface area (Å²) in [6.45, 7) is 4.88. The monoisotopic (exact) mass is 984 g/mol. The zero-order valence-electron chi connectivity index (χ0n) is 47.0. The Balaban J connectivity index is 3.37. The van der Waals surface area contributed by atoms with Crippen molar-refractivity contribution in [2.75, 3.05) is 13.2 Å². The topological polar surface area (TPSA) is 95.9 Å². The van der Waals surface area contributed by atoms with E-state index in [0.29, 0.717) is 19.4 Å². The minimum atomic E-state index is -0.842. The maximum absolute atomic E-state index is 12.4. The first-order valence-electron chi connectivity index (χ1n) is 31.3. The number of aliphatic hydroxyl groups is 2. The van der Waals surface area contributed by atoms with Crippen molar-refractivity contribution < 1.29 is 24.5 Å². The Bertz CT molecular complexity index is 1130. The Morgan fingerprint density at radius 3 is 1.10 bits per heavy atom. The highest BCUT2D eigenvalue weighted by Gasteiger charge is 2.18. The Hall–Kier alpha value is -1.92. The van der Waals surface area contributed by atoms with Gasteiger partial charge in [-0.25, -0.2) is 0 Å². The number of carbonyl (C=O) groups is 2. The quantitative estimate of drug-likeness (QED) is 0.0321. The molecule has 6 heteroatoms. The van der Waals surface area contributed by atoms with Gasteiger partial charge in [0, 0.05) is 12.8 Å². The SMILES string of the molecule is CCCCCC/C=C\C/C=C\CCCCCCCC(=O)OCCCCCCCCCCCCCCCCCCCCCCCCCCCC(=O)NC(CO)C(O)/C=C/CCCCCCCCCCCC. The Morgan fingerprint density at radius 1 is 0.400 bits per heavy atom. The molecule has 0 aromatic carbocycles. The van der Waals surface area contributed by atoms with Crippen molar-refractivity contribution in [2.45, 2.75) is 347 Å². The van der Waals surface area contributed by atoms with Gasteiger partial charge in [-0.1, -0.05) is 294 Å². The van der Waals surface area contributed by atoms with Gasteiger partial charge in [0.25, 0.3) is 0 Å². The van der Waals surface area contributed by atoms with Crippen LogP contribution in [0.5, 0.6) is 0 Å². The maximum atomic E-state index is 12.4. The van der Waals surface area contributed by atoms with Crippen LogP contribution in [0.1, 0.15) is 335 Å². The molecule has 0 aliphatic rings. The van der Waals surface area contributed by atoms with Crippen molar-refractivity contribution in [2.24, 2.45) is 0 Å². The third-order valence-corrected chi connectivity index (χ3v) is 14.4. The third-order valence-electron chi connectivity index (χ3n) is 14.4. The van der Waals surface area contributed by atoms with E-state index in [-0.39, 0.29) is 18.5 Å². The lowest BCUT2D eigenvalue weighted by Gasteiger charge is -2.20. The Morgan fingerprint density at radius 2 is 0.714 bits per heavy atom. The molecule has 2 atom stereocenters. The van der Waals surface area contributed by atoms with E-state index in [0.717, 1.165) is 51.4 Å². The summed E-state index contributed by atoms with van der Waals surface area (Å²) in [5.41, 5.74) is 0. The summed E-state index contributed by atoms with van der Waals surface area (Å²) >= 11 is 0. The molecule has 0 radical (unpaired) electrons. The van der Waals surface area contributed by atoms with Crippen molar-refractivity contribution in [3.8, 4) is 0 Å². The molecule has 412 valence electrons. The summed E-state index contributed by atoms with van der Waals surface area (Å²) in [7, 11) is 0. The smallest absolute Gasteiger partial charge is 0.305 e. The summed E-state index contributed by atoms with van der Waals surface area (Å²) < 4.78 is 5.48. The van der Waals surface area contributed by atoms with E-state index in [1.54, 1.807) is 6.08 Å². The predicted octanol–water partition coefficient (Wildman–Crippen LogP) is 19.6. The van der Waals surface area contributed by atoms with E-state index >= 15 is 0 Å². The number of hydrogen-bond donors (Lipinski definition) is 3. The number of unbranched alkanes of at least 4 members (excludes halogenated alkanes) is 43. The highest BCUT2D eigenvalue weighted by molar-refractivity contribution is 5.76. The normalized spacial score (nSPS) is 12.8. The average molecular weight is 985 g/mol. The fourth-order valence-electron chi connectivity index (χ4n) is 9.61. The second-order valence-corrected chi connectivity index (χ2v) is 21.4. The zero-order chi connectivity index (χ0) is 50.7. The molecule has 0 rings (SSSR count). The summed E-state index contributed by atoms with van der Waals surface area (Å²) in [6.07, 6.45) is 74.8. The Kier molecular flexibility index (Phi) is 58.0. The number of esters is 1. The van der Waals surface area contributed by atoms with Crippen LogP contribution in [0, 0.1) is 0 Å². The molecule has 0 spiro atoms. The van der Waals surface area contributed by atoms with Crippen LogP contribution in [0.2, 0.25) is 0 Å². The van der Waals surface area contributed by atoms with E-state index in [4.69, 9.17) is 4.74 Å². The first-order valence-corrected chi connectivity index (χ1v) is 31.3. The third kappa shape index (κ3) is 55.4. The molecule has 1 amide bonds. The van der Waals surface area contributed by atoms with E-state index in [1.165, 1.54) is 257 Å². The van der Waals surface area contributed by atoms with Gasteiger partial charge in [-0.2, -0.15) is 0 Å². The predicted molar refractivity (Wildman–Crippen MR) is 306 cm³/mol. The zero-order valence-corrected chi connectivity index (χ0v) is 47.0. The molecule has 3 N–H and O–H groups in total.